The number of carbonyl (C=O) groups is 2. The summed E-state index contributed by atoms with van der Waals surface area (Å²) in [6, 6.07) is 8.94. The van der Waals surface area contributed by atoms with Crippen molar-refractivity contribution in [1.29, 1.82) is 0 Å². The van der Waals surface area contributed by atoms with Gasteiger partial charge in [-0.15, -0.1) is 0 Å². The van der Waals surface area contributed by atoms with Gasteiger partial charge in [0.1, 0.15) is 5.69 Å². The molecule has 0 saturated heterocycles. The third-order valence-electron chi connectivity index (χ3n) is 3.85. The lowest BCUT2D eigenvalue weighted by molar-refractivity contribution is 0.0947. The number of aryl methyl sites for hydroxylation is 1. The van der Waals surface area contributed by atoms with E-state index in [-0.39, 0.29) is 11.8 Å². The lowest BCUT2D eigenvalue weighted by Crippen LogP contribution is -2.24. The van der Waals surface area contributed by atoms with Crippen LogP contribution in [-0.4, -0.2) is 28.1 Å². The lowest BCUT2D eigenvalue weighted by Gasteiger charge is -2.07. The third kappa shape index (κ3) is 3.83. The van der Waals surface area contributed by atoms with Gasteiger partial charge in [0.05, 0.1) is 18.1 Å². The summed E-state index contributed by atoms with van der Waals surface area (Å²) in [5.74, 6) is -0.368. The number of benzene rings is 1. The second kappa shape index (κ2) is 7.69. The van der Waals surface area contributed by atoms with E-state index in [4.69, 9.17) is 4.42 Å². The molecule has 3 aromatic rings. The summed E-state index contributed by atoms with van der Waals surface area (Å²) in [5, 5.41) is 9.96. The molecule has 1 aromatic carbocycles. The van der Waals surface area contributed by atoms with Crippen LogP contribution >= 0.6 is 0 Å². The van der Waals surface area contributed by atoms with Crippen LogP contribution in [0.5, 0.6) is 0 Å². The Morgan fingerprint density at radius 1 is 1.19 bits per heavy atom. The largest absolute Gasteiger partial charge is 0.472 e. The van der Waals surface area contributed by atoms with E-state index in [1.807, 2.05) is 13.0 Å². The Labute approximate surface area is 151 Å². The Hall–Kier alpha value is -3.35. The van der Waals surface area contributed by atoms with Crippen LogP contribution in [0.3, 0.4) is 0 Å². The van der Waals surface area contributed by atoms with Crippen LogP contribution in [0.1, 0.15) is 33.2 Å². The predicted octanol–water partition coefficient (Wildman–Crippen LogP) is 2.36. The lowest BCUT2D eigenvalue weighted by atomic mass is 10.1. The van der Waals surface area contributed by atoms with Crippen LogP contribution in [0.2, 0.25) is 0 Å². The first kappa shape index (κ1) is 17.5. The number of amides is 2. The molecule has 0 fully saturated rings. The molecule has 2 amide bonds. The SMILES string of the molecule is CCNC(=O)c1cccc(CNC(=O)c2cn(C)nc2-c2ccoc2)c1. The second-order valence-electron chi connectivity index (χ2n) is 5.82. The van der Waals surface area contributed by atoms with Gasteiger partial charge >= 0.3 is 0 Å². The van der Waals surface area contributed by atoms with E-state index in [1.165, 1.54) is 0 Å². The predicted molar refractivity (Wildman–Crippen MR) is 96.5 cm³/mol. The Bertz CT molecular complexity index is 913. The van der Waals surface area contributed by atoms with Crippen molar-refractivity contribution in [2.75, 3.05) is 6.54 Å². The quantitative estimate of drug-likeness (QED) is 0.713. The molecule has 0 unspecified atom stereocenters. The molecule has 0 aliphatic carbocycles. The van der Waals surface area contributed by atoms with Crippen LogP contribution in [0.25, 0.3) is 11.3 Å². The maximum atomic E-state index is 12.6. The van der Waals surface area contributed by atoms with Gasteiger partial charge in [-0.3, -0.25) is 14.3 Å². The van der Waals surface area contributed by atoms with E-state index in [2.05, 4.69) is 15.7 Å². The molecule has 0 aliphatic heterocycles. The van der Waals surface area contributed by atoms with Gasteiger partial charge in [0.15, 0.2) is 0 Å². The van der Waals surface area contributed by atoms with Crippen molar-refractivity contribution in [1.82, 2.24) is 20.4 Å². The fraction of sp³-hybridized carbons (Fsp3) is 0.211. The highest BCUT2D eigenvalue weighted by molar-refractivity contribution is 5.99. The average molecular weight is 352 g/mol. The number of aromatic nitrogens is 2. The number of nitrogens with zero attached hydrogens (tertiary/aromatic N) is 2. The van der Waals surface area contributed by atoms with E-state index in [0.717, 1.165) is 11.1 Å². The first-order valence-electron chi connectivity index (χ1n) is 8.30. The summed E-state index contributed by atoms with van der Waals surface area (Å²) in [4.78, 5) is 24.5. The molecule has 0 aliphatic rings. The van der Waals surface area contributed by atoms with Crippen LogP contribution < -0.4 is 10.6 Å². The van der Waals surface area contributed by atoms with Crippen molar-refractivity contribution in [3.8, 4) is 11.3 Å². The summed E-state index contributed by atoms with van der Waals surface area (Å²) in [6.45, 7) is 2.75. The standard InChI is InChI=1S/C19H20N4O3/c1-3-20-18(24)14-6-4-5-13(9-14)10-21-19(25)16-11-23(2)22-17(16)15-7-8-26-12-15/h4-9,11-12H,3,10H2,1-2H3,(H,20,24)(H,21,25). The molecular formula is C19H20N4O3. The van der Waals surface area contributed by atoms with Crippen molar-refractivity contribution in [3.63, 3.8) is 0 Å². The Morgan fingerprint density at radius 3 is 2.77 bits per heavy atom. The van der Waals surface area contributed by atoms with E-state index >= 15 is 0 Å². The summed E-state index contributed by atoms with van der Waals surface area (Å²) in [7, 11) is 1.76. The molecule has 0 atom stereocenters. The number of hydrogen-bond acceptors (Lipinski definition) is 4. The van der Waals surface area contributed by atoms with Crippen LogP contribution in [0, 0.1) is 0 Å². The van der Waals surface area contributed by atoms with Gasteiger partial charge < -0.3 is 15.1 Å². The Balaban J connectivity index is 1.72. The minimum absolute atomic E-state index is 0.129. The first-order chi connectivity index (χ1) is 12.6. The molecule has 7 nitrogen and oxygen atoms in total. The number of rotatable bonds is 6. The van der Waals surface area contributed by atoms with Gasteiger partial charge in [-0.2, -0.15) is 5.10 Å². The minimum atomic E-state index is -0.238. The molecule has 0 radical (unpaired) electrons. The Morgan fingerprint density at radius 2 is 2.04 bits per heavy atom. The fourth-order valence-corrected chi connectivity index (χ4v) is 2.63. The van der Waals surface area contributed by atoms with E-state index in [1.54, 1.807) is 54.7 Å². The zero-order valence-electron chi connectivity index (χ0n) is 14.7. The summed E-state index contributed by atoms with van der Waals surface area (Å²) < 4.78 is 6.67. The molecule has 2 aromatic heterocycles. The molecular weight excluding hydrogens is 332 g/mol. The molecule has 0 spiro atoms. The molecule has 0 saturated carbocycles. The maximum Gasteiger partial charge on any atom is 0.255 e. The minimum Gasteiger partial charge on any atom is -0.472 e. The smallest absolute Gasteiger partial charge is 0.255 e. The van der Waals surface area contributed by atoms with Gasteiger partial charge in [0, 0.05) is 37.5 Å². The molecule has 2 N–H and O–H groups in total. The topological polar surface area (TPSA) is 89.2 Å². The highest BCUT2D eigenvalue weighted by Gasteiger charge is 2.17. The molecule has 0 bridgehead atoms. The first-order valence-corrected chi connectivity index (χ1v) is 8.30. The maximum absolute atomic E-state index is 12.6. The van der Waals surface area contributed by atoms with E-state index < -0.39 is 0 Å². The third-order valence-corrected chi connectivity index (χ3v) is 3.85. The van der Waals surface area contributed by atoms with E-state index in [9.17, 15) is 9.59 Å². The summed E-state index contributed by atoms with van der Waals surface area (Å²) in [5.41, 5.74) is 3.19. The number of hydrogen-bond donors (Lipinski definition) is 2. The summed E-state index contributed by atoms with van der Waals surface area (Å²) in [6.07, 6.45) is 4.76. The second-order valence-corrected chi connectivity index (χ2v) is 5.82. The molecule has 2 heterocycles. The van der Waals surface area contributed by atoms with Crippen molar-refractivity contribution < 1.29 is 14.0 Å². The van der Waals surface area contributed by atoms with Crippen LogP contribution in [-0.2, 0) is 13.6 Å². The number of furan rings is 1. The monoisotopic (exact) mass is 352 g/mol. The van der Waals surface area contributed by atoms with E-state index in [0.29, 0.717) is 29.9 Å². The Kier molecular flexibility index (Phi) is 5.17. The van der Waals surface area contributed by atoms with Gasteiger partial charge in [-0.1, -0.05) is 12.1 Å². The number of carbonyl (C=O) groups excluding carboxylic acids is 2. The average Bonchev–Trinajstić information content (AvgIpc) is 3.29. The van der Waals surface area contributed by atoms with Gasteiger partial charge in [0.2, 0.25) is 0 Å². The fourth-order valence-electron chi connectivity index (χ4n) is 2.63. The van der Waals surface area contributed by atoms with Crippen LogP contribution in [0.4, 0.5) is 0 Å². The molecule has 134 valence electrons. The van der Waals surface area contributed by atoms with Gasteiger partial charge in [0.25, 0.3) is 11.8 Å². The molecule has 26 heavy (non-hydrogen) atoms. The van der Waals surface area contributed by atoms with Crippen LogP contribution in [0.15, 0.2) is 53.5 Å². The van der Waals surface area contributed by atoms with Gasteiger partial charge in [-0.25, -0.2) is 0 Å². The van der Waals surface area contributed by atoms with Gasteiger partial charge in [-0.05, 0) is 30.7 Å². The normalized spacial score (nSPS) is 10.5. The zero-order valence-corrected chi connectivity index (χ0v) is 14.7. The van der Waals surface area contributed by atoms with Crippen molar-refractivity contribution in [3.05, 3.63) is 65.7 Å². The van der Waals surface area contributed by atoms with Crippen molar-refractivity contribution in [2.24, 2.45) is 7.05 Å². The molecule has 7 heteroatoms. The summed E-state index contributed by atoms with van der Waals surface area (Å²) >= 11 is 0. The highest BCUT2D eigenvalue weighted by Crippen LogP contribution is 2.22. The number of nitrogens with one attached hydrogen (secondary N) is 2. The molecule has 3 rings (SSSR count). The van der Waals surface area contributed by atoms with Crippen molar-refractivity contribution in [2.45, 2.75) is 13.5 Å². The zero-order chi connectivity index (χ0) is 18.5. The van der Waals surface area contributed by atoms with Crippen molar-refractivity contribution >= 4 is 11.8 Å². The highest BCUT2D eigenvalue weighted by atomic mass is 16.3.